The molecule has 2 aliphatic rings. The normalized spacial score (nSPS) is 22.8. The molecule has 0 spiro atoms. The van der Waals surface area contributed by atoms with E-state index in [0.29, 0.717) is 44.1 Å². The van der Waals surface area contributed by atoms with E-state index in [-0.39, 0.29) is 38.1 Å². The van der Waals surface area contributed by atoms with E-state index in [1.54, 1.807) is 6.08 Å². The van der Waals surface area contributed by atoms with Crippen molar-refractivity contribution in [1.29, 1.82) is 0 Å². The molecule has 0 aliphatic carbocycles. The molecule has 9 nitrogen and oxygen atoms in total. The van der Waals surface area contributed by atoms with Gasteiger partial charge in [0, 0.05) is 12.0 Å². The SMILES string of the molecule is CCCCCCCCCCCCC[C@@H](O)[C@H](O)CC[C@H](O)[C@@H]1CC[C@@H](CCCC(O)C(O)CC[C@@H](O)CC2=CCOC2=O)O1. The summed E-state index contributed by atoms with van der Waals surface area (Å²) in [5, 5.41) is 62.1. The second-order valence-corrected chi connectivity index (χ2v) is 13.3. The highest BCUT2D eigenvalue weighted by atomic mass is 16.5. The standard InChI is InChI=1S/C35H64O9/c1-2-3-4-5-6-7-8-9-10-11-12-15-29(37)32(40)20-21-33(41)34-22-18-28(44-34)14-13-16-30(38)31(39)19-17-27(36)25-26-23-24-43-35(26)42/h23,27-34,36-41H,2-22,24-25H2,1H3/t27-,28-,29-,30?,31?,32-,33+,34+/m1/s1. The number of hydrogen-bond acceptors (Lipinski definition) is 9. The van der Waals surface area contributed by atoms with Crippen LogP contribution < -0.4 is 0 Å². The minimum atomic E-state index is -0.954. The van der Waals surface area contributed by atoms with Crippen molar-refractivity contribution < 1.29 is 44.9 Å². The van der Waals surface area contributed by atoms with Crippen LogP contribution in [0, 0.1) is 0 Å². The van der Waals surface area contributed by atoms with Gasteiger partial charge in [0.2, 0.25) is 0 Å². The first-order chi connectivity index (χ1) is 21.2. The molecule has 8 atom stereocenters. The van der Waals surface area contributed by atoms with Gasteiger partial charge in [-0.25, -0.2) is 4.79 Å². The fourth-order valence-electron chi connectivity index (χ4n) is 6.38. The lowest BCUT2D eigenvalue weighted by Gasteiger charge is -2.23. The minimum Gasteiger partial charge on any atom is -0.458 e. The van der Waals surface area contributed by atoms with Crippen LogP contribution in [0.15, 0.2) is 11.6 Å². The van der Waals surface area contributed by atoms with Crippen LogP contribution in [-0.4, -0.2) is 92.0 Å². The topological polar surface area (TPSA) is 157 Å². The molecule has 0 radical (unpaired) electrons. The van der Waals surface area contributed by atoms with Gasteiger partial charge in [-0.2, -0.15) is 0 Å². The van der Waals surface area contributed by atoms with Crippen molar-refractivity contribution in [3.63, 3.8) is 0 Å². The average Bonchev–Trinajstić information content (AvgIpc) is 3.65. The first-order valence-electron chi connectivity index (χ1n) is 17.8. The second-order valence-electron chi connectivity index (χ2n) is 13.3. The Morgan fingerprint density at radius 2 is 1.23 bits per heavy atom. The summed E-state index contributed by atoms with van der Waals surface area (Å²) in [6, 6.07) is 0. The van der Waals surface area contributed by atoms with E-state index in [4.69, 9.17) is 9.47 Å². The van der Waals surface area contributed by atoms with Crippen molar-refractivity contribution in [3.05, 3.63) is 11.6 Å². The number of unbranched alkanes of at least 4 members (excludes halogenated alkanes) is 10. The molecule has 0 aromatic heterocycles. The molecular formula is C35H64O9. The summed E-state index contributed by atoms with van der Waals surface area (Å²) in [5.41, 5.74) is 0.455. The molecule has 44 heavy (non-hydrogen) atoms. The van der Waals surface area contributed by atoms with E-state index in [1.165, 1.54) is 57.8 Å². The average molecular weight is 629 g/mol. The maximum atomic E-state index is 11.5. The Kier molecular flexibility index (Phi) is 20.7. The minimum absolute atomic E-state index is 0.0168. The molecule has 0 saturated carbocycles. The zero-order chi connectivity index (χ0) is 32.2. The zero-order valence-corrected chi connectivity index (χ0v) is 27.4. The summed E-state index contributed by atoms with van der Waals surface area (Å²) in [4.78, 5) is 11.5. The number of aliphatic hydroxyl groups is 6. The van der Waals surface area contributed by atoms with Crippen LogP contribution in [0.25, 0.3) is 0 Å². The van der Waals surface area contributed by atoms with Crippen LogP contribution in [0.2, 0.25) is 0 Å². The lowest BCUT2D eigenvalue weighted by atomic mass is 9.97. The molecule has 0 amide bonds. The third-order valence-electron chi connectivity index (χ3n) is 9.40. The van der Waals surface area contributed by atoms with E-state index in [9.17, 15) is 35.4 Å². The smallest absolute Gasteiger partial charge is 0.334 e. The first kappa shape index (κ1) is 39.1. The van der Waals surface area contributed by atoms with Crippen LogP contribution in [0.1, 0.15) is 148 Å². The molecule has 0 aromatic rings. The fraction of sp³-hybridized carbons (Fsp3) is 0.914. The van der Waals surface area contributed by atoms with Crippen molar-refractivity contribution in [2.75, 3.05) is 6.61 Å². The number of aliphatic hydroxyl groups excluding tert-OH is 6. The maximum absolute atomic E-state index is 11.5. The number of carbonyl (C=O) groups is 1. The molecule has 2 unspecified atom stereocenters. The number of esters is 1. The van der Waals surface area contributed by atoms with Crippen LogP contribution in [0.3, 0.4) is 0 Å². The Hall–Kier alpha value is -1.07. The third kappa shape index (κ3) is 16.5. The van der Waals surface area contributed by atoms with Crippen LogP contribution >= 0.6 is 0 Å². The van der Waals surface area contributed by atoms with Gasteiger partial charge in [-0.3, -0.25) is 0 Å². The van der Waals surface area contributed by atoms with E-state index in [0.717, 1.165) is 25.7 Å². The Morgan fingerprint density at radius 3 is 1.82 bits per heavy atom. The van der Waals surface area contributed by atoms with E-state index < -0.39 is 42.6 Å². The molecule has 2 heterocycles. The number of rotatable bonds is 27. The van der Waals surface area contributed by atoms with Gasteiger partial charge in [-0.1, -0.05) is 77.6 Å². The molecule has 1 saturated heterocycles. The highest BCUT2D eigenvalue weighted by Crippen LogP contribution is 2.28. The Labute approximate surface area is 266 Å². The van der Waals surface area contributed by atoms with Gasteiger partial charge in [-0.05, 0) is 70.3 Å². The number of cyclic esters (lactones) is 1. The predicted octanol–water partition coefficient (Wildman–Crippen LogP) is 5.00. The van der Waals surface area contributed by atoms with Crippen LogP contribution in [0.4, 0.5) is 0 Å². The van der Waals surface area contributed by atoms with Gasteiger partial charge in [-0.15, -0.1) is 0 Å². The molecule has 0 aromatic carbocycles. The Balaban J connectivity index is 1.47. The maximum Gasteiger partial charge on any atom is 0.334 e. The molecule has 2 aliphatic heterocycles. The highest BCUT2D eigenvalue weighted by molar-refractivity contribution is 5.90. The third-order valence-corrected chi connectivity index (χ3v) is 9.40. The van der Waals surface area contributed by atoms with Gasteiger partial charge >= 0.3 is 5.97 Å². The molecule has 9 heteroatoms. The van der Waals surface area contributed by atoms with Crippen molar-refractivity contribution in [1.82, 2.24) is 0 Å². The van der Waals surface area contributed by atoms with Gasteiger partial charge in [0.05, 0.1) is 48.8 Å². The largest absolute Gasteiger partial charge is 0.458 e. The Morgan fingerprint density at radius 1 is 0.682 bits per heavy atom. The summed E-state index contributed by atoms with van der Waals surface area (Å²) < 4.78 is 10.9. The van der Waals surface area contributed by atoms with Crippen molar-refractivity contribution in [3.8, 4) is 0 Å². The summed E-state index contributed by atoms with van der Waals surface area (Å²) in [6.07, 6.45) is 15.5. The quantitative estimate of drug-likeness (QED) is 0.0544. The molecule has 0 bridgehead atoms. The number of carbonyl (C=O) groups excluding carboxylic acids is 1. The first-order valence-corrected chi connectivity index (χ1v) is 17.8. The van der Waals surface area contributed by atoms with Crippen molar-refractivity contribution in [2.24, 2.45) is 0 Å². The summed E-state index contributed by atoms with van der Waals surface area (Å²) in [7, 11) is 0. The molecule has 6 N–H and O–H groups in total. The molecule has 1 fully saturated rings. The van der Waals surface area contributed by atoms with Crippen LogP contribution in [-0.2, 0) is 14.3 Å². The summed E-state index contributed by atoms with van der Waals surface area (Å²) in [5.74, 6) is -0.407. The van der Waals surface area contributed by atoms with Gasteiger partial charge in [0.1, 0.15) is 6.61 Å². The van der Waals surface area contributed by atoms with Crippen molar-refractivity contribution in [2.45, 2.75) is 197 Å². The molecule has 2 rings (SSSR count). The molecular weight excluding hydrogens is 564 g/mol. The Bertz CT molecular complexity index is 775. The number of hydrogen-bond donors (Lipinski definition) is 6. The van der Waals surface area contributed by atoms with Gasteiger partial charge in [0.15, 0.2) is 0 Å². The fourth-order valence-corrected chi connectivity index (χ4v) is 6.38. The zero-order valence-electron chi connectivity index (χ0n) is 27.4. The molecule has 258 valence electrons. The highest BCUT2D eigenvalue weighted by Gasteiger charge is 2.31. The van der Waals surface area contributed by atoms with Gasteiger partial charge in [0.25, 0.3) is 0 Å². The van der Waals surface area contributed by atoms with Gasteiger partial charge < -0.3 is 40.1 Å². The summed E-state index contributed by atoms with van der Waals surface area (Å²) >= 11 is 0. The lowest BCUT2D eigenvalue weighted by molar-refractivity contribution is -0.136. The number of ether oxygens (including phenoxy) is 2. The van der Waals surface area contributed by atoms with Crippen molar-refractivity contribution >= 4 is 5.97 Å². The van der Waals surface area contributed by atoms with E-state index in [1.807, 2.05) is 0 Å². The summed E-state index contributed by atoms with van der Waals surface area (Å²) in [6.45, 7) is 2.48. The predicted molar refractivity (Wildman–Crippen MR) is 171 cm³/mol. The van der Waals surface area contributed by atoms with E-state index in [2.05, 4.69) is 6.92 Å². The monoisotopic (exact) mass is 628 g/mol. The van der Waals surface area contributed by atoms with E-state index >= 15 is 0 Å². The second kappa shape index (κ2) is 23.3. The van der Waals surface area contributed by atoms with Crippen LogP contribution in [0.5, 0.6) is 0 Å². The lowest BCUT2D eigenvalue weighted by Crippen LogP contribution is -2.31.